The maximum absolute atomic E-state index is 12.7. The lowest BCUT2D eigenvalue weighted by Gasteiger charge is -2.30. The number of benzene rings is 1. The van der Waals surface area contributed by atoms with E-state index < -0.39 is 0 Å². The molecular formula is C22H25N5O3. The van der Waals surface area contributed by atoms with Crippen LogP contribution in [0.25, 0.3) is 11.6 Å². The van der Waals surface area contributed by atoms with Gasteiger partial charge < -0.3 is 14.1 Å². The van der Waals surface area contributed by atoms with Crippen molar-refractivity contribution in [3.63, 3.8) is 0 Å². The molecule has 4 rings (SSSR count). The molecule has 8 nitrogen and oxygen atoms in total. The van der Waals surface area contributed by atoms with E-state index in [4.69, 9.17) is 9.15 Å². The van der Waals surface area contributed by atoms with Crippen LogP contribution in [-0.2, 0) is 11.2 Å². The first-order valence-electron chi connectivity index (χ1n) is 10.2. The first kappa shape index (κ1) is 20.0. The Morgan fingerprint density at radius 2 is 1.90 bits per heavy atom. The fourth-order valence-electron chi connectivity index (χ4n) is 3.54. The van der Waals surface area contributed by atoms with Gasteiger partial charge in [0.15, 0.2) is 0 Å². The molecule has 0 radical (unpaired) electrons. The van der Waals surface area contributed by atoms with Gasteiger partial charge in [0.05, 0.1) is 24.9 Å². The highest BCUT2D eigenvalue weighted by molar-refractivity contribution is 5.78. The van der Waals surface area contributed by atoms with E-state index in [0.29, 0.717) is 43.6 Å². The fraction of sp³-hybridized carbons (Fsp3) is 0.409. The van der Waals surface area contributed by atoms with E-state index >= 15 is 0 Å². The van der Waals surface area contributed by atoms with Crippen molar-refractivity contribution in [2.45, 2.75) is 39.0 Å². The zero-order valence-corrected chi connectivity index (χ0v) is 17.2. The second-order valence-electron chi connectivity index (χ2n) is 7.40. The quantitative estimate of drug-likeness (QED) is 0.619. The minimum absolute atomic E-state index is 0.138. The minimum Gasteiger partial charge on any atom is -0.494 e. The van der Waals surface area contributed by atoms with Crippen LogP contribution in [0.5, 0.6) is 5.75 Å². The van der Waals surface area contributed by atoms with Crippen LogP contribution in [0.1, 0.15) is 42.8 Å². The van der Waals surface area contributed by atoms with Gasteiger partial charge >= 0.3 is 0 Å². The summed E-state index contributed by atoms with van der Waals surface area (Å²) in [7, 11) is 0. The Labute approximate surface area is 175 Å². The molecule has 1 aliphatic heterocycles. The summed E-state index contributed by atoms with van der Waals surface area (Å²) in [6.07, 6.45) is 5.31. The van der Waals surface area contributed by atoms with Crippen LogP contribution in [0, 0.1) is 6.92 Å². The topological polar surface area (TPSA) is 94.2 Å². The molecule has 2 aromatic heterocycles. The van der Waals surface area contributed by atoms with Crippen LogP contribution in [0.3, 0.4) is 0 Å². The van der Waals surface area contributed by atoms with E-state index in [1.165, 1.54) is 0 Å². The number of likely N-dealkylation sites (tertiary alicyclic amines) is 1. The van der Waals surface area contributed by atoms with Crippen LogP contribution >= 0.6 is 0 Å². The van der Waals surface area contributed by atoms with E-state index in [-0.39, 0.29) is 11.8 Å². The summed E-state index contributed by atoms with van der Waals surface area (Å²) in [5.41, 5.74) is 2.40. The van der Waals surface area contributed by atoms with Gasteiger partial charge in [-0.05, 0) is 44.4 Å². The summed E-state index contributed by atoms with van der Waals surface area (Å²) in [5.74, 6) is 2.10. The summed E-state index contributed by atoms with van der Waals surface area (Å²) in [6, 6.07) is 7.71. The van der Waals surface area contributed by atoms with Crippen molar-refractivity contribution in [2.75, 3.05) is 19.7 Å². The molecule has 8 heteroatoms. The zero-order valence-electron chi connectivity index (χ0n) is 17.2. The predicted octanol–water partition coefficient (Wildman–Crippen LogP) is 3.18. The summed E-state index contributed by atoms with van der Waals surface area (Å²) in [4.78, 5) is 23.1. The van der Waals surface area contributed by atoms with E-state index in [1.807, 2.05) is 43.0 Å². The van der Waals surface area contributed by atoms with Crippen molar-refractivity contribution in [1.29, 1.82) is 0 Å². The molecule has 0 bridgehead atoms. The number of carbonyl (C=O) groups is 1. The van der Waals surface area contributed by atoms with Crippen LogP contribution in [-0.4, -0.2) is 50.7 Å². The van der Waals surface area contributed by atoms with E-state index in [2.05, 4.69) is 20.2 Å². The van der Waals surface area contributed by atoms with Gasteiger partial charge in [0, 0.05) is 25.2 Å². The number of aromatic nitrogens is 4. The molecule has 1 saturated heterocycles. The number of nitrogens with zero attached hydrogens (tertiary/aromatic N) is 5. The third-order valence-corrected chi connectivity index (χ3v) is 5.23. The first-order valence-corrected chi connectivity index (χ1v) is 10.2. The summed E-state index contributed by atoms with van der Waals surface area (Å²) >= 11 is 0. The first-order chi connectivity index (χ1) is 14.6. The standard InChI is InChI=1S/C22H25N5O3/c1-3-29-18-6-4-16(5-7-18)12-20(28)27-10-8-17(9-11-27)21-25-26-22(30-21)19-14-23-15(2)13-24-19/h4-7,13-14,17H,3,8-12H2,1-2H3. The third kappa shape index (κ3) is 4.64. The molecule has 1 aromatic carbocycles. The van der Waals surface area contributed by atoms with Crippen LogP contribution in [0.2, 0.25) is 0 Å². The Kier molecular flexibility index (Phi) is 6.02. The number of rotatable bonds is 6. The molecule has 1 amide bonds. The van der Waals surface area contributed by atoms with Crippen LogP contribution in [0.15, 0.2) is 41.1 Å². The summed E-state index contributed by atoms with van der Waals surface area (Å²) in [5, 5.41) is 8.31. The lowest BCUT2D eigenvalue weighted by molar-refractivity contribution is -0.131. The van der Waals surface area contributed by atoms with Crippen molar-refractivity contribution < 1.29 is 13.9 Å². The Hall–Kier alpha value is -3.29. The SMILES string of the molecule is CCOc1ccc(CC(=O)N2CCC(c3nnc(-c4cnc(C)cn4)o3)CC2)cc1. The minimum atomic E-state index is 0.138. The highest BCUT2D eigenvalue weighted by Gasteiger charge is 2.27. The number of piperidine rings is 1. The van der Waals surface area contributed by atoms with Crippen molar-refractivity contribution in [1.82, 2.24) is 25.1 Å². The van der Waals surface area contributed by atoms with Gasteiger partial charge in [-0.1, -0.05) is 12.1 Å². The van der Waals surface area contributed by atoms with Crippen LogP contribution in [0.4, 0.5) is 0 Å². The lowest BCUT2D eigenvalue weighted by Crippen LogP contribution is -2.38. The lowest BCUT2D eigenvalue weighted by atomic mass is 9.96. The van der Waals surface area contributed by atoms with Gasteiger partial charge in [0.1, 0.15) is 11.4 Å². The van der Waals surface area contributed by atoms with Crippen LogP contribution < -0.4 is 4.74 Å². The molecular weight excluding hydrogens is 382 g/mol. The van der Waals surface area contributed by atoms with E-state index in [1.54, 1.807) is 12.4 Å². The van der Waals surface area contributed by atoms with Crippen molar-refractivity contribution >= 4 is 5.91 Å². The molecule has 3 aromatic rings. The molecule has 1 fully saturated rings. The molecule has 1 aliphatic rings. The Morgan fingerprint density at radius 1 is 1.13 bits per heavy atom. The largest absolute Gasteiger partial charge is 0.494 e. The van der Waals surface area contributed by atoms with Gasteiger partial charge in [-0.3, -0.25) is 9.78 Å². The van der Waals surface area contributed by atoms with Gasteiger partial charge in [0.2, 0.25) is 11.8 Å². The monoisotopic (exact) mass is 407 g/mol. The molecule has 3 heterocycles. The normalized spacial score (nSPS) is 14.7. The van der Waals surface area contributed by atoms with Crippen molar-refractivity contribution in [3.8, 4) is 17.3 Å². The maximum Gasteiger partial charge on any atom is 0.267 e. The Balaban J connectivity index is 1.31. The van der Waals surface area contributed by atoms with Gasteiger partial charge in [-0.25, -0.2) is 4.98 Å². The molecule has 30 heavy (non-hydrogen) atoms. The highest BCUT2D eigenvalue weighted by Crippen LogP contribution is 2.29. The highest BCUT2D eigenvalue weighted by atomic mass is 16.5. The van der Waals surface area contributed by atoms with E-state index in [9.17, 15) is 4.79 Å². The third-order valence-electron chi connectivity index (χ3n) is 5.23. The van der Waals surface area contributed by atoms with Gasteiger partial charge in [-0.15, -0.1) is 10.2 Å². The van der Waals surface area contributed by atoms with Crippen molar-refractivity contribution in [2.24, 2.45) is 0 Å². The number of amides is 1. The summed E-state index contributed by atoms with van der Waals surface area (Å²) < 4.78 is 11.3. The maximum atomic E-state index is 12.7. The van der Waals surface area contributed by atoms with E-state index in [0.717, 1.165) is 29.8 Å². The van der Waals surface area contributed by atoms with Crippen molar-refractivity contribution in [3.05, 3.63) is 53.8 Å². The van der Waals surface area contributed by atoms with Gasteiger partial charge in [-0.2, -0.15) is 0 Å². The second kappa shape index (κ2) is 9.02. The smallest absolute Gasteiger partial charge is 0.267 e. The predicted molar refractivity (Wildman–Crippen MR) is 110 cm³/mol. The number of carbonyl (C=O) groups excluding carboxylic acids is 1. The fourth-order valence-corrected chi connectivity index (χ4v) is 3.54. The Morgan fingerprint density at radius 3 is 2.57 bits per heavy atom. The molecule has 0 spiro atoms. The average Bonchev–Trinajstić information content (AvgIpc) is 3.26. The number of aryl methyl sites for hydroxylation is 1. The molecule has 0 saturated carbocycles. The Bertz CT molecular complexity index is 977. The molecule has 0 unspecified atom stereocenters. The second-order valence-corrected chi connectivity index (χ2v) is 7.40. The number of hydrogen-bond donors (Lipinski definition) is 0. The number of hydrogen-bond acceptors (Lipinski definition) is 7. The molecule has 0 aliphatic carbocycles. The average molecular weight is 407 g/mol. The van der Waals surface area contributed by atoms with Gasteiger partial charge in [0.25, 0.3) is 5.89 Å². The summed E-state index contributed by atoms with van der Waals surface area (Å²) in [6.45, 7) is 5.83. The zero-order chi connectivity index (χ0) is 20.9. The number of ether oxygens (including phenoxy) is 1. The molecule has 0 atom stereocenters. The molecule has 156 valence electrons. The molecule has 0 N–H and O–H groups in total.